The van der Waals surface area contributed by atoms with Gasteiger partial charge in [0.05, 0.1) is 22.1 Å². The minimum atomic E-state index is -0.435. The van der Waals surface area contributed by atoms with Crippen LogP contribution in [0.3, 0.4) is 0 Å². The minimum absolute atomic E-state index is 0.0209. The Balaban J connectivity index is 1.63. The lowest BCUT2D eigenvalue weighted by atomic mass is 10.2. The molecule has 1 aliphatic heterocycles. The molecule has 0 radical (unpaired) electrons. The van der Waals surface area contributed by atoms with Crippen LogP contribution in [-0.2, 0) is 4.79 Å². The van der Waals surface area contributed by atoms with E-state index >= 15 is 0 Å². The number of ether oxygens (including phenoxy) is 1. The first-order valence-corrected chi connectivity index (χ1v) is 11.4. The van der Waals surface area contributed by atoms with Crippen molar-refractivity contribution in [3.63, 3.8) is 0 Å². The molecule has 0 bridgehead atoms. The summed E-state index contributed by atoms with van der Waals surface area (Å²) < 4.78 is 7.34. The van der Waals surface area contributed by atoms with Gasteiger partial charge < -0.3 is 9.30 Å². The normalized spacial score (nSPS) is 15.8. The van der Waals surface area contributed by atoms with Crippen LogP contribution in [0.5, 0.6) is 5.75 Å². The highest BCUT2D eigenvalue weighted by Gasteiger charge is 2.32. The largest absolute Gasteiger partial charge is 0.494 e. The average molecular weight is 475 g/mol. The Bertz CT molecular complexity index is 1280. The van der Waals surface area contributed by atoms with Gasteiger partial charge in [0.2, 0.25) is 0 Å². The van der Waals surface area contributed by atoms with Gasteiger partial charge in [-0.3, -0.25) is 19.8 Å². The number of carbonyl (C=O) groups is 1. The Morgan fingerprint density at radius 2 is 1.88 bits per heavy atom. The third-order valence-electron chi connectivity index (χ3n) is 4.97. The molecule has 1 aromatic heterocycles. The Hall–Kier alpha value is -4.11. The summed E-state index contributed by atoms with van der Waals surface area (Å²) in [5.41, 5.74) is 2.26. The number of rotatable bonds is 8. The van der Waals surface area contributed by atoms with E-state index in [4.69, 9.17) is 4.74 Å². The Labute approximate surface area is 201 Å². The molecule has 2 aromatic carbocycles. The molecule has 0 saturated carbocycles. The molecule has 0 unspecified atom stereocenters. The van der Waals surface area contributed by atoms with Crippen LogP contribution >= 0.6 is 11.8 Å². The lowest BCUT2D eigenvalue weighted by Gasteiger charge is -2.12. The van der Waals surface area contributed by atoms with Crippen molar-refractivity contribution in [3.8, 4) is 11.4 Å². The Kier molecular flexibility index (Phi) is 6.93. The number of nitrogens with zero attached hydrogens (tertiary/aromatic N) is 4. The molecule has 34 heavy (non-hydrogen) atoms. The quantitative estimate of drug-likeness (QED) is 0.184. The smallest absolute Gasteiger partial charge is 0.269 e. The maximum absolute atomic E-state index is 13.1. The van der Waals surface area contributed by atoms with Crippen molar-refractivity contribution < 1.29 is 14.5 Å². The van der Waals surface area contributed by atoms with E-state index in [2.05, 4.69) is 11.6 Å². The molecular weight excluding hydrogens is 452 g/mol. The predicted molar refractivity (Wildman–Crippen MR) is 135 cm³/mol. The summed E-state index contributed by atoms with van der Waals surface area (Å²) in [4.78, 5) is 30.4. The standard InChI is InChI=1S/C25H22N4O4S/c1-3-15-28-24(30)23(34-25(28)26-18-7-13-22(14-8-18)33-4-2)17-21-6-5-16-27(21)19-9-11-20(12-10-19)29(31)32/h3,5-14,16-17H,1,4,15H2,2H3. The van der Waals surface area contributed by atoms with E-state index in [0.29, 0.717) is 28.9 Å². The van der Waals surface area contributed by atoms with Crippen LogP contribution in [0.4, 0.5) is 11.4 Å². The molecule has 3 aromatic rings. The number of carbonyl (C=O) groups excluding carboxylic acids is 1. The van der Waals surface area contributed by atoms with Crippen LogP contribution in [0.25, 0.3) is 11.8 Å². The van der Waals surface area contributed by atoms with E-state index in [1.54, 1.807) is 29.2 Å². The Morgan fingerprint density at radius 3 is 2.53 bits per heavy atom. The fourth-order valence-corrected chi connectivity index (χ4v) is 4.38. The van der Waals surface area contributed by atoms with Gasteiger partial charge in [0.15, 0.2) is 5.17 Å². The van der Waals surface area contributed by atoms with Gasteiger partial charge in [-0.25, -0.2) is 4.99 Å². The van der Waals surface area contributed by atoms with Crippen molar-refractivity contribution in [2.24, 2.45) is 4.99 Å². The lowest BCUT2D eigenvalue weighted by molar-refractivity contribution is -0.384. The fraction of sp³-hybridized carbons (Fsp3) is 0.120. The number of amides is 1. The highest BCUT2D eigenvalue weighted by molar-refractivity contribution is 8.18. The number of hydrogen-bond donors (Lipinski definition) is 0. The molecule has 8 nitrogen and oxygen atoms in total. The zero-order chi connectivity index (χ0) is 24.1. The third kappa shape index (κ3) is 4.94. The summed E-state index contributed by atoms with van der Waals surface area (Å²) in [5.74, 6) is 0.600. The van der Waals surface area contributed by atoms with Crippen molar-refractivity contribution in [2.75, 3.05) is 13.2 Å². The minimum Gasteiger partial charge on any atom is -0.494 e. The second-order valence-electron chi connectivity index (χ2n) is 7.21. The molecule has 0 aliphatic carbocycles. The van der Waals surface area contributed by atoms with E-state index in [1.807, 2.05) is 54.1 Å². The molecule has 0 atom stereocenters. The van der Waals surface area contributed by atoms with E-state index in [-0.39, 0.29) is 11.6 Å². The number of nitro groups is 1. The van der Waals surface area contributed by atoms with Gasteiger partial charge in [0, 0.05) is 36.3 Å². The zero-order valence-electron chi connectivity index (χ0n) is 18.5. The first-order chi connectivity index (χ1) is 16.5. The van der Waals surface area contributed by atoms with E-state index in [1.165, 1.54) is 23.9 Å². The number of benzene rings is 2. The maximum Gasteiger partial charge on any atom is 0.269 e. The number of nitro benzene ring substituents is 1. The van der Waals surface area contributed by atoms with Crippen molar-refractivity contribution in [2.45, 2.75) is 6.92 Å². The summed E-state index contributed by atoms with van der Waals surface area (Å²) in [6, 6.07) is 17.4. The summed E-state index contributed by atoms with van der Waals surface area (Å²) in [6.07, 6.45) is 5.30. The predicted octanol–water partition coefficient (Wildman–Crippen LogP) is 5.57. The SMILES string of the molecule is C=CCN1C(=O)C(=Cc2cccn2-c2ccc([N+](=O)[O-])cc2)SC1=Nc1ccc(OCC)cc1. The van der Waals surface area contributed by atoms with Crippen LogP contribution < -0.4 is 4.74 Å². The van der Waals surface area contributed by atoms with Gasteiger partial charge in [0.1, 0.15) is 5.75 Å². The van der Waals surface area contributed by atoms with Gasteiger partial charge in [-0.05, 0) is 73.3 Å². The topological polar surface area (TPSA) is 90.0 Å². The highest BCUT2D eigenvalue weighted by atomic mass is 32.2. The van der Waals surface area contributed by atoms with Gasteiger partial charge in [-0.1, -0.05) is 6.08 Å². The number of amidine groups is 1. The monoisotopic (exact) mass is 474 g/mol. The van der Waals surface area contributed by atoms with Crippen LogP contribution in [0, 0.1) is 10.1 Å². The van der Waals surface area contributed by atoms with Crippen LogP contribution in [-0.4, -0.2) is 38.6 Å². The number of non-ortho nitro benzene ring substituents is 1. The second-order valence-corrected chi connectivity index (χ2v) is 8.22. The average Bonchev–Trinajstić information content (AvgIpc) is 3.41. The number of thioether (sulfide) groups is 1. The fourth-order valence-electron chi connectivity index (χ4n) is 3.39. The van der Waals surface area contributed by atoms with Crippen LogP contribution in [0.15, 0.2) is 89.4 Å². The van der Waals surface area contributed by atoms with Crippen molar-refractivity contribution in [1.82, 2.24) is 9.47 Å². The molecular formula is C25H22N4O4S. The molecule has 1 aliphatic rings. The van der Waals surface area contributed by atoms with E-state index < -0.39 is 4.92 Å². The molecule has 1 fully saturated rings. The molecule has 4 rings (SSSR count). The molecule has 172 valence electrons. The molecule has 1 amide bonds. The second kappa shape index (κ2) is 10.2. The molecule has 2 heterocycles. The van der Waals surface area contributed by atoms with Crippen LogP contribution in [0.2, 0.25) is 0 Å². The van der Waals surface area contributed by atoms with E-state index in [9.17, 15) is 14.9 Å². The van der Waals surface area contributed by atoms with Gasteiger partial charge in [0.25, 0.3) is 11.6 Å². The summed E-state index contributed by atoms with van der Waals surface area (Å²) in [6.45, 7) is 6.60. The Morgan fingerprint density at radius 1 is 1.15 bits per heavy atom. The first-order valence-electron chi connectivity index (χ1n) is 10.6. The highest BCUT2D eigenvalue weighted by Crippen LogP contribution is 2.35. The van der Waals surface area contributed by atoms with E-state index in [0.717, 1.165) is 17.1 Å². The summed E-state index contributed by atoms with van der Waals surface area (Å²) >= 11 is 1.29. The van der Waals surface area contributed by atoms with Gasteiger partial charge in [-0.15, -0.1) is 6.58 Å². The number of hydrogen-bond acceptors (Lipinski definition) is 6. The van der Waals surface area contributed by atoms with Crippen molar-refractivity contribution in [1.29, 1.82) is 0 Å². The molecule has 9 heteroatoms. The first kappa shape index (κ1) is 23.1. The third-order valence-corrected chi connectivity index (χ3v) is 5.98. The van der Waals surface area contributed by atoms with Crippen molar-refractivity contribution in [3.05, 3.63) is 100 Å². The van der Waals surface area contributed by atoms with Crippen LogP contribution in [0.1, 0.15) is 12.6 Å². The summed E-state index contributed by atoms with van der Waals surface area (Å²) in [5, 5.41) is 11.5. The molecule has 0 spiro atoms. The van der Waals surface area contributed by atoms with Gasteiger partial charge in [-0.2, -0.15) is 0 Å². The number of aliphatic imine (C=N–C) groups is 1. The number of aromatic nitrogens is 1. The zero-order valence-corrected chi connectivity index (χ0v) is 19.3. The summed E-state index contributed by atoms with van der Waals surface area (Å²) in [7, 11) is 0. The molecule has 1 saturated heterocycles. The van der Waals surface area contributed by atoms with Crippen molar-refractivity contribution >= 4 is 40.3 Å². The van der Waals surface area contributed by atoms with Gasteiger partial charge >= 0.3 is 0 Å². The molecule has 0 N–H and O–H groups in total. The maximum atomic E-state index is 13.1. The lowest BCUT2D eigenvalue weighted by Crippen LogP contribution is -2.29.